The van der Waals surface area contributed by atoms with Crippen LogP contribution in [-0.4, -0.2) is 23.9 Å². The zero-order valence-corrected chi connectivity index (χ0v) is 20.0. The number of ether oxygens (including phenoxy) is 2. The predicted octanol–water partition coefficient (Wildman–Crippen LogP) is 6.71. The number of benzene rings is 3. The van der Waals surface area contributed by atoms with E-state index in [1.54, 1.807) is 18.9 Å². The second kappa shape index (κ2) is 8.79. The van der Waals surface area contributed by atoms with E-state index in [-0.39, 0.29) is 18.4 Å². The first-order valence-electron chi connectivity index (χ1n) is 11.4. The van der Waals surface area contributed by atoms with Gasteiger partial charge in [0.1, 0.15) is 17.6 Å². The second-order valence-corrected chi connectivity index (χ2v) is 10.0. The number of aryl methyl sites for hydroxylation is 2. The van der Waals surface area contributed by atoms with E-state index in [0.717, 1.165) is 40.6 Å². The van der Waals surface area contributed by atoms with Crippen LogP contribution in [0.3, 0.4) is 0 Å². The standard InChI is InChI=1S/C28H28O4S/c1-16-11-20(31-3)12-17(2)28(16)24-6-4-5-23-22(24)9-10-25(23)32-19-7-8-21-18(13-27(29)30)15-33-26(21)14-19/h4-8,11-12,14,18,25H,9-10,13,15H2,1-3H3,(H,29,30). The summed E-state index contributed by atoms with van der Waals surface area (Å²) in [4.78, 5) is 12.3. The molecule has 0 aromatic heterocycles. The molecule has 2 atom stereocenters. The lowest BCUT2D eigenvalue weighted by molar-refractivity contribution is -0.137. The van der Waals surface area contributed by atoms with Crippen LogP contribution in [-0.2, 0) is 11.2 Å². The van der Waals surface area contributed by atoms with Gasteiger partial charge in [0.15, 0.2) is 0 Å². The van der Waals surface area contributed by atoms with E-state index >= 15 is 0 Å². The maximum atomic E-state index is 11.1. The normalized spacial score (nSPS) is 18.6. The molecule has 3 aromatic carbocycles. The molecule has 2 aliphatic rings. The summed E-state index contributed by atoms with van der Waals surface area (Å²) in [7, 11) is 1.71. The van der Waals surface area contributed by atoms with Gasteiger partial charge in [-0.05, 0) is 89.9 Å². The number of hydrogen-bond acceptors (Lipinski definition) is 4. The third-order valence-corrected chi connectivity index (χ3v) is 8.02. The van der Waals surface area contributed by atoms with Crippen molar-refractivity contribution in [3.63, 3.8) is 0 Å². The molecule has 0 radical (unpaired) electrons. The molecule has 0 amide bonds. The number of methoxy groups -OCH3 is 1. The van der Waals surface area contributed by atoms with Crippen molar-refractivity contribution in [1.29, 1.82) is 0 Å². The Morgan fingerprint density at radius 2 is 1.85 bits per heavy atom. The average Bonchev–Trinajstić information content (AvgIpc) is 3.37. The summed E-state index contributed by atoms with van der Waals surface area (Å²) < 4.78 is 11.9. The fourth-order valence-electron chi connectivity index (χ4n) is 5.31. The summed E-state index contributed by atoms with van der Waals surface area (Å²) in [6, 6.07) is 16.9. The van der Waals surface area contributed by atoms with Gasteiger partial charge in [-0.1, -0.05) is 24.3 Å². The third-order valence-electron chi connectivity index (χ3n) is 6.79. The maximum Gasteiger partial charge on any atom is 0.303 e. The molecule has 2 unspecified atom stereocenters. The summed E-state index contributed by atoms with van der Waals surface area (Å²) >= 11 is 1.73. The first kappa shape index (κ1) is 21.9. The number of hydrogen-bond donors (Lipinski definition) is 1. The molecule has 170 valence electrons. The van der Waals surface area contributed by atoms with Gasteiger partial charge in [0.2, 0.25) is 0 Å². The van der Waals surface area contributed by atoms with E-state index in [0.29, 0.717) is 0 Å². The molecule has 1 N–H and O–H groups in total. The molecule has 4 nitrogen and oxygen atoms in total. The lowest BCUT2D eigenvalue weighted by Gasteiger charge is -2.18. The van der Waals surface area contributed by atoms with Gasteiger partial charge in [0, 0.05) is 16.6 Å². The molecule has 0 saturated heterocycles. The second-order valence-electron chi connectivity index (χ2n) is 8.96. The maximum absolute atomic E-state index is 11.1. The first-order chi connectivity index (χ1) is 15.9. The largest absolute Gasteiger partial charge is 0.497 e. The molecule has 1 aliphatic carbocycles. The van der Waals surface area contributed by atoms with Gasteiger partial charge in [0.05, 0.1) is 13.5 Å². The number of carboxylic acids is 1. The van der Waals surface area contributed by atoms with Crippen molar-refractivity contribution in [3.05, 3.63) is 76.3 Å². The van der Waals surface area contributed by atoms with Crippen molar-refractivity contribution in [2.75, 3.05) is 12.9 Å². The monoisotopic (exact) mass is 460 g/mol. The summed E-state index contributed by atoms with van der Waals surface area (Å²) in [5.74, 6) is 1.91. The number of aliphatic carboxylic acids is 1. The van der Waals surface area contributed by atoms with E-state index in [2.05, 4.69) is 56.3 Å². The summed E-state index contributed by atoms with van der Waals surface area (Å²) in [5, 5.41) is 9.16. The summed E-state index contributed by atoms with van der Waals surface area (Å²) in [6.07, 6.45) is 2.15. The number of carbonyl (C=O) groups is 1. The number of rotatable bonds is 6. The number of thioether (sulfide) groups is 1. The molecule has 5 heteroatoms. The lowest BCUT2D eigenvalue weighted by Crippen LogP contribution is -2.06. The van der Waals surface area contributed by atoms with E-state index in [1.807, 2.05) is 6.07 Å². The van der Waals surface area contributed by atoms with Gasteiger partial charge in [-0.25, -0.2) is 0 Å². The van der Waals surface area contributed by atoms with Crippen LogP contribution in [0, 0.1) is 13.8 Å². The highest BCUT2D eigenvalue weighted by Gasteiger charge is 2.29. The Hall–Kier alpha value is -2.92. The Labute approximate surface area is 198 Å². The number of carboxylic acid groups (broad SMARTS) is 1. The Morgan fingerprint density at radius 1 is 1.06 bits per heavy atom. The molecule has 5 rings (SSSR count). The van der Waals surface area contributed by atoms with Gasteiger partial charge in [0.25, 0.3) is 0 Å². The molecule has 0 saturated carbocycles. The van der Waals surface area contributed by atoms with Crippen molar-refractivity contribution in [2.24, 2.45) is 0 Å². The minimum Gasteiger partial charge on any atom is -0.497 e. The Kier molecular flexibility index (Phi) is 5.83. The Bertz CT molecular complexity index is 1210. The molecule has 0 bridgehead atoms. The van der Waals surface area contributed by atoms with Crippen LogP contribution in [0.2, 0.25) is 0 Å². The minimum atomic E-state index is -0.741. The van der Waals surface area contributed by atoms with Crippen LogP contribution in [0.1, 0.15) is 52.7 Å². The van der Waals surface area contributed by atoms with Gasteiger partial charge in [-0.15, -0.1) is 11.8 Å². The fourth-order valence-corrected chi connectivity index (χ4v) is 6.59. The molecular formula is C28H28O4S. The van der Waals surface area contributed by atoms with Crippen LogP contribution < -0.4 is 9.47 Å². The fraction of sp³-hybridized carbons (Fsp3) is 0.321. The summed E-state index contributed by atoms with van der Waals surface area (Å²) in [5.41, 5.74) is 8.78. The van der Waals surface area contributed by atoms with E-state index < -0.39 is 5.97 Å². The van der Waals surface area contributed by atoms with Gasteiger partial charge >= 0.3 is 5.97 Å². The Morgan fingerprint density at radius 3 is 2.58 bits per heavy atom. The smallest absolute Gasteiger partial charge is 0.303 e. The third kappa shape index (κ3) is 4.10. The van der Waals surface area contributed by atoms with Crippen molar-refractivity contribution in [2.45, 2.75) is 50.0 Å². The predicted molar refractivity (Wildman–Crippen MR) is 132 cm³/mol. The highest BCUT2D eigenvalue weighted by atomic mass is 32.2. The molecule has 0 fully saturated rings. The van der Waals surface area contributed by atoms with Crippen LogP contribution in [0.15, 0.2) is 53.4 Å². The van der Waals surface area contributed by atoms with Crippen molar-refractivity contribution in [1.82, 2.24) is 0 Å². The van der Waals surface area contributed by atoms with E-state index in [1.165, 1.54) is 33.4 Å². The van der Waals surface area contributed by atoms with Crippen LogP contribution in [0.25, 0.3) is 11.1 Å². The lowest BCUT2D eigenvalue weighted by atomic mass is 9.90. The van der Waals surface area contributed by atoms with Crippen molar-refractivity contribution in [3.8, 4) is 22.6 Å². The highest BCUT2D eigenvalue weighted by Crippen LogP contribution is 2.45. The van der Waals surface area contributed by atoms with Gasteiger partial charge in [-0.2, -0.15) is 0 Å². The molecule has 1 heterocycles. The highest BCUT2D eigenvalue weighted by molar-refractivity contribution is 7.99. The van der Waals surface area contributed by atoms with E-state index in [4.69, 9.17) is 14.6 Å². The Balaban J connectivity index is 1.42. The molecule has 0 spiro atoms. The van der Waals surface area contributed by atoms with Gasteiger partial charge in [-0.3, -0.25) is 4.79 Å². The molecular weight excluding hydrogens is 432 g/mol. The average molecular weight is 461 g/mol. The minimum absolute atomic E-state index is 0.0260. The molecule has 33 heavy (non-hydrogen) atoms. The van der Waals surface area contributed by atoms with Gasteiger partial charge < -0.3 is 14.6 Å². The van der Waals surface area contributed by atoms with Crippen LogP contribution >= 0.6 is 11.8 Å². The molecule has 3 aromatic rings. The molecule has 1 aliphatic heterocycles. The zero-order valence-electron chi connectivity index (χ0n) is 19.2. The van der Waals surface area contributed by atoms with Crippen LogP contribution in [0.5, 0.6) is 11.5 Å². The van der Waals surface area contributed by atoms with Crippen molar-refractivity contribution < 1.29 is 19.4 Å². The topological polar surface area (TPSA) is 55.8 Å². The number of fused-ring (bicyclic) bond motifs is 2. The SMILES string of the molecule is COc1cc(C)c(-c2cccc3c2CCC3Oc2ccc3c(c2)SCC3CC(=O)O)c(C)c1. The quantitative estimate of drug-likeness (QED) is 0.443. The van der Waals surface area contributed by atoms with E-state index in [9.17, 15) is 4.79 Å². The van der Waals surface area contributed by atoms with Crippen LogP contribution in [0.4, 0.5) is 0 Å². The summed E-state index contributed by atoms with van der Waals surface area (Å²) in [6.45, 7) is 4.29. The first-order valence-corrected chi connectivity index (χ1v) is 12.4. The zero-order chi connectivity index (χ0) is 23.1. The van der Waals surface area contributed by atoms with Crippen molar-refractivity contribution >= 4 is 17.7 Å².